The summed E-state index contributed by atoms with van der Waals surface area (Å²) >= 11 is 0. The molecular weight excluding hydrogens is 1120 g/mol. The average molecular weight is 1210 g/mol. The van der Waals surface area contributed by atoms with E-state index in [1.165, 1.54) is 12.4 Å². The van der Waals surface area contributed by atoms with Crippen LogP contribution in [0.4, 0.5) is 10.5 Å². The van der Waals surface area contributed by atoms with Crippen LogP contribution in [0.5, 0.6) is 0 Å². The van der Waals surface area contributed by atoms with E-state index in [9.17, 15) is 37.2 Å². The number of hydrogen-bond acceptors (Lipinski definition) is 22. The third kappa shape index (κ3) is 36.2. The number of aryl methyl sites for hydroxylation is 1. The molecule has 2 aromatic heterocycles. The number of primary amides is 1. The number of rotatable bonds is 47. The molecule has 0 aliphatic heterocycles. The number of amides is 5. The summed E-state index contributed by atoms with van der Waals surface area (Å²) in [5.41, 5.74) is 6.89. The van der Waals surface area contributed by atoms with Gasteiger partial charge in [-0.1, -0.05) is 29.2 Å². The number of aromatic nitrogens is 5. The molecule has 468 valence electrons. The van der Waals surface area contributed by atoms with Crippen molar-refractivity contribution in [3.8, 4) is 11.8 Å². The predicted molar refractivity (Wildman–Crippen MR) is 303 cm³/mol. The molecule has 0 saturated carbocycles. The standard InChI is InChI=1S/C55H84N10O18S/c1-55(2,3)52(70)83-40-43-12-14-45(15-13-43)61-51(69)48(11-8-18-58-53(56)71)62-50(68)42-82-41-49(67)57-19-21-74-23-25-76-27-29-78-31-33-80-35-36-81-34-32-79-30-28-77-26-24-75-22-20-65-39-46(63-64-65)16-17-47(66)10-7-5-6-9-44-37-59-54(60-38-44)84(4,72)73/h12-15,37-39,48H,5,7-8,10-11,16-36,40-42H2,1-4H3,(H,57,67)(H,61,69)(H,62,68)(H3,56,58,71)/t48-/m0/s1. The molecule has 0 aliphatic rings. The highest BCUT2D eigenvalue weighted by Crippen LogP contribution is 2.18. The van der Waals surface area contributed by atoms with Gasteiger partial charge in [0.2, 0.25) is 32.7 Å². The van der Waals surface area contributed by atoms with Crippen molar-refractivity contribution in [3.63, 3.8) is 0 Å². The van der Waals surface area contributed by atoms with E-state index >= 15 is 0 Å². The van der Waals surface area contributed by atoms with Crippen LogP contribution in [-0.4, -0.2) is 213 Å². The summed E-state index contributed by atoms with van der Waals surface area (Å²) in [4.78, 5) is 81.1. The summed E-state index contributed by atoms with van der Waals surface area (Å²) in [7, 11) is -3.46. The van der Waals surface area contributed by atoms with Gasteiger partial charge < -0.3 is 74.4 Å². The van der Waals surface area contributed by atoms with E-state index in [2.05, 4.69) is 53.4 Å². The zero-order chi connectivity index (χ0) is 61.1. The van der Waals surface area contributed by atoms with Gasteiger partial charge in [-0.15, -0.1) is 5.10 Å². The summed E-state index contributed by atoms with van der Waals surface area (Å²) in [6.45, 7) is 11.6. The Labute approximate surface area is 491 Å². The zero-order valence-electron chi connectivity index (χ0n) is 48.7. The maximum absolute atomic E-state index is 13.1. The molecule has 28 nitrogen and oxygen atoms in total. The summed E-state index contributed by atoms with van der Waals surface area (Å²) < 4.78 is 79.3. The number of carbonyl (C=O) groups is 6. The molecule has 0 radical (unpaired) electrons. The number of carbonyl (C=O) groups excluding carboxylic acids is 6. The lowest BCUT2D eigenvalue weighted by atomic mass is 9.97. The lowest BCUT2D eigenvalue weighted by Crippen LogP contribution is -2.46. The second-order valence-corrected chi connectivity index (χ2v) is 21.4. The van der Waals surface area contributed by atoms with E-state index in [0.29, 0.717) is 155 Å². The fourth-order valence-corrected chi connectivity index (χ4v) is 7.21. The van der Waals surface area contributed by atoms with Gasteiger partial charge in [0.15, 0.2) is 0 Å². The van der Waals surface area contributed by atoms with E-state index in [4.69, 9.17) is 53.1 Å². The second-order valence-electron chi connectivity index (χ2n) is 19.5. The van der Waals surface area contributed by atoms with E-state index in [-0.39, 0.29) is 49.6 Å². The minimum atomic E-state index is -3.46. The fourth-order valence-electron chi connectivity index (χ4n) is 6.72. The predicted octanol–water partition coefficient (Wildman–Crippen LogP) is 1.12. The maximum Gasteiger partial charge on any atom is 0.312 e. The van der Waals surface area contributed by atoms with Gasteiger partial charge in [-0.2, -0.15) is 0 Å². The number of Topliss-reactive ketones (excluding diaryl/α,β-unsaturated/α-hetero) is 1. The van der Waals surface area contributed by atoms with Gasteiger partial charge in [-0.25, -0.2) is 27.9 Å². The molecule has 3 aromatic rings. The van der Waals surface area contributed by atoms with Gasteiger partial charge in [0, 0.05) is 62.9 Å². The lowest BCUT2D eigenvalue weighted by molar-refractivity contribution is -0.154. The van der Waals surface area contributed by atoms with Crippen LogP contribution in [0.25, 0.3) is 0 Å². The normalized spacial score (nSPS) is 11.8. The SMILES string of the molecule is CC(C)(C)C(=O)OCc1ccc(NC(=O)[C@H](CCCNC(N)=O)NC(=O)COCC(=O)NCCOCCOCCOCCOCCOCCOCCOCCOCCn2cc(CCC(=O)CCCC#Cc3cnc(S(C)(=O)=O)nc3)nn2)cc1. The van der Waals surface area contributed by atoms with Crippen molar-refractivity contribution in [2.45, 2.75) is 90.1 Å². The number of urea groups is 1. The van der Waals surface area contributed by atoms with Gasteiger partial charge in [0.25, 0.3) is 0 Å². The van der Waals surface area contributed by atoms with Crippen molar-refractivity contribution in [1.82, 2.24) is 40.9 Å². The number of esters is 1. The molecule has 3 rings (SSSR count). The highest BCUT2D eigenvalue weighted by molar-refractivity contribution is 7.90. The van der Waals surface area contributed by atoms with Crippen LogP contribution >= 0.6 is 0 Å². The molecular formula is C55H84N10O18S. The first-order valence-corrected chi connectivity index (χ1v) is 29.6. The third-order valence-electron chi connectivity index (χ3n) is 11.1. The van der Waals surface area contributed by atoms with Crippen LogP contribution in [0.2, 0.25) is 0 Å². The maximum atomic E-state index is 13.1. The summed E-state index contributed by atoms with van der Waals surface area (Å²) in [6.07, 6.45) is 8.44. The minimum absolute atomic E-state index is 0.0711. The summed E-state index contributed by atoms with van der Waals surface area (Å²) in [5, 5.41) is 18.4. The Morgan fingerprint density at radius 3 is 1.77 bits per heavy atom. The number of hydrogen-bond donors (Lipinski definition) is 5. The molecule has 0 fully saturated rings. The topological polar surface area (TPSA) is 359 Å². The first-order valence-electron chi connectivity index (χ1n) is 27.7. The fraction of sp³-hybridized carbons (Fsp3) is 0.636. The Balaban J connectivity index is 1.04. The van der Waals surface area contributed by atoms with Crippen LogP contribution in [-0.2, 0) is 101 Å². The second kappa shape index (κ2) is 43.1. The van der Waals surface area contributed by atoms with Gasteiger partial charge in [-0.3, -0.25) is 24.0 Å². The third-order valence-corrected chi connectivity index (χ3v) is 12.0. The van der Waals surface area contributed by atoms with Crippen molar-refractivity contribution in [1.29, 1.82) is 0 Å². The molecule has 0 aliphatic carbocycles. The number of unbranched alkanes of at least 4 members (excludes halogenated alkanes) is 1. The van der Waals surface area contributed by atoms with E-state index in [1.54, 1.807) is 55.9 Å². The number of benzene rings is 1. The van der Waals surface area contributed by atoms with Gasteiger partial charge in [-0.05, 0) is 64.2 Å². The number of sulfone groups is 1. The number of ketones is 1. The van der Waals surface area contributed by atoms with Crippen molar-refractivity contribution < 1.29 is 84.6 Å². The first-order chi connectivity index (χ1) is 40.4. The molecule has 0 unspecified atom stereocenters. The smallest absolute Gasteiger partial charge is 0.312 e. The molecule has 0 bridgehead atoms. The average Bonchev–Trinajstić information content (AvgIpc) is 4.09. The van der Waals surface area contributed by atoms with E-state index in [1.807, 2.05) is 0 Å². The Hall–Kier alpha value is -6.59. The molecule has 84 heavy (non-hydrogen) atoms. The highest BCUT2D eigenvalue weighted by Gasteiger charge is 2.24. The van der Waals surface area contributed by atoms with Crippen molar-refractivity contribution in [2.24, 2.45) is 11.1 Å². The van der Waals surface area contributed by atoms with Crippen LogP contribution in [0.15, 0.2) is 48.0 Å². The van der Waals surface area contributed by atoms with Crippen LogP contribution < -0.4 is 27.0 Å². The molecule has 5 amide bonds. The molecule has 0 spiro atoms. The highest BCUT2D eigenvalue weighted by atomic mass is 32.2. The Morgan fingerprint density at radius 1 is 0.679 bits per heavy atom. The Morgan fingerprint density at radius 2 is 1.23 bits per heavy atom. The summed E-state index contributed by atoms with van der Waals surface area (Å²) in [6, 6.07) is 4.97. The first kappa shape index (κ1) is 71.7. The van der Waals surface area contributed by atoms with Crippen molar-refractivity contribution in [3.05, 3.63) is 59.7 Å². The van der Waals surface area contributed by atoms with Gasteiger partial charge in [0.05, 0.1) is 129 Å². The van der Waals surface area contributed by atoms with Crippen LogP contribution in [0.3, 0.4) is 0 Å². The Bertz CT molecular complexity index is 2560. The van der Waals surface area contributed by atoms with Crippen molar-refractivity contribution >= 4 is 51.0 Å². The minimum Gasteiger partial charge on any atom is -0.460 e. The lowest BCUT2D eigenvalue weighted by Gasteiger charge is -2.19. The molecule has 6 N–H and O–H groups in total. The molecule has 2 heterocycles. The molecule has 1 aromatic carbocycles. The molecule has 1 atom stereocenters. The molecule has 0 saturated heterocycles. The van der Waals surface area contributed by atoms with Gasteiger partial charge in [0.1, 0.15) is 31.6 Å². The monoisotopic (exact) mass is 1200 g/mol. The van der Waals surface area contributed by atoms with Crippen molar-refractivity contribution in [2.75, 3.05) is 144 Å². The number of nitrogens with one attached hydrogen (secondary N) is 4. The summed E-state index contributed by atoms with van der Waals surface area (Å²) in [5.74, 6) is 4.00. The number of ether oxygens (including phenoxy) is 10. The van der Waals surface area contributed by atoms with Crippen LogP contribution in [0.1, 0.15) is 76.1 Å². The van der Waals surface area contributed by atoms with E-state index in [0.717, 1.165) is 17.5 Å². The zero-order valence-corrected chi connectivity index (χ0v) is 49.5. The van der Waals surface area contributed by atoms with E-state index < -0.39 is 58.3 Å². The number of nitrogens with zero attached hydrogens (tertiary/aromatic N) is 5. The number of anilines is 1. The quantitative estimate of drug-likeness (QED) is 0.0229. The van der Waals surface area contributed by atoms with Crippen LogP contribution in [0, 0.1) is 17.3 Å². The largest absolute Gasteiger partial charge is 0.460 e. The Kier molecular flexibility index (Phi) is 36.8. The van der Waals surface area contributed by atoms with Gasteiger partial charge >= 0.3 is 12.0 Å². The molecule has 29 heteroatoms. The number of nitrogens with two attached hydrogens (primary N) is 1.